The minimum atomic E-state index is -5.30. The molecule has 0 spiro atoms. The van der Waals surface area contributed by atoms with Crippen molar-refractivity contribution in [3.63, 3.8) is 0 Å². The maximum absolute atomic E-state index is 12.6. The third-order valence-corrected chi connectivity index (χ3v) is 5.62. The molecule has 152 valence electrons. The molecule has 1 aliphatic heterocycles. The van der Waals surface area contributed by atoms with E-state index < -0.39 is 21.4 Å². The first kappa shape index (κ1) is 21.0. The van der Waals surface area contributed by atoms with E-state index in [4.69, 9.17) is 10.2 Å². The van der Waals surface area contributed by atoms with Crippen molar-refractivity contribution in [2.45, 2.75) is 30.9 Å². The molecule has 13 heteroatoms. The van der Waals surface area contributed by atoms with Gasteiger partial charge in [0.25, 0.3) is 5.91 Å². The molecular weight excluding hydrogens is 391 g/mol. The number of furan rings is 1. The number of aliphatic imine (C=N–C) groups is 1. The summed E-state index contributed by atoms with van der Waals surface area (Å²) in [6.07, 6.45) is 0.394. The fourth-order valence-corrected chi connectivity index (χ4v) is 3.54. The Bertz CT molecular complexity index is 798. The maximum atomic E-state index is 12.6. The number of halogens is 3. The first-order chi connectivity index (χ1) is 12.5. The molecule has 0 atom stereocenters. The maximum Gasteiger partial charge on any atom is 0.511 e. The van der Waals surface area contributed by atoms with E-state index in [1.165, 1.54) is 13.1 Å². The van der Waals surface area contributed by atoms with Crippen molar-refractivity contribution in [1.29, 1.82) is 0 Å². The Labute approximate surface area is 153 Å². The summed E-state index contributed by atoms with van der Waals surface area (Å²) in [5.41, 5.74) is -0.199. The van der Waals surface area contributed by atoms with Crippen LogP contribution in [0.3, 0.4) is 0 Å². The Morgan fingerprint density at radius 3 is 2.48 bits per heavy atom. The highest BCUT2D eigenvalue weighted by molar-refractivity contribution is 7.90. The highest BCUT2D eigenvalue weighted by Gasteiger charge is 2.50. The monoisotopic (exact) mass is 411 g/mol. The summed E-state index contributed by atoms with van der Waals surface area (Å²) in [4.78, 5) is 15.0. The molecule has 0 bridgehead atoms. The topological polar surface area (TPSA) is 130 Å². The molecular formula is C14H20F3N5O4S. The number of nitrogens with zero attached hydrogens (tertiary/aromatic N) is 2. The van der Waals surface area contributed by atoms with Gasteiger partial charge in [-0.1, -0.05) is 0 Å². The number of nitrogens with one attached hydrogen (secondary N) is 2. The molecule has 1 saturated heterocycles. The van der Waals surface area contributed by atoms with Gasteiger partial charge in [-0.25, -0.2) is 8.42 Å². The van der Waals surface area contributed by atoms with E-state index in [0.717, 1.165) is 0 Å². The Kier molecular flexibility index (Phi) is 6.36. The highest BCUT2D eigenvalue weighted by Crippen LogP contribution is 2.28. The molecule has 1 aliphatic rings. The minimum Gasteiger partial charge on any atom is -0.454 e. The van der Waals surface area contributed by atoms with Crippen LogP contribution in [-0.4, -0.2) is 56.3 Å². The van der Waals surface area contributed by atoms with Crippen LogP contribution in [0.2, 0.25) is 0 Å². The Balaban J connectivity index is 1.85. The first-order valence-corrected chi connectivity index (χ1v) is 9.40. The zero-order valence-electron chi connectivity index (χ0n) is 14.4. The van der Waals surface area contributed by atoms with E-state index in [9.17, 15) is 26.4 Å². The highest BCUT2D eigenvalue weighted by atomic mass is 32.2. The molecule has 0 radical (unpaired) electrons. The number of carbonyl (C=O) groups excluding carboxylic acids is 1. The number of guanidine groups is 1. The van der Waals surface area contributed by atoms with Gasteiger partial charge in [0, 0.05) is 26.2 Å². The van der Waals surface area contributed by atoms with Gasteiger partial charge in [0.1, 0.15) is 5.76 Å². The zero-order chi connectivity index (χ0) is 20.2. The SMILES string of the molecule is CN=C(NCc1ccc(C(N)=O)o1)NC1CCN(S(=O)(=O)C(F)(F)F)CC1. The van der Waals surface area contributed by atoms with Gasteiger partial charge in [-0.15, -0.1) is 0 Å². The van der Waals surface area contributed by atoms with Gasteiger partial charge in [0.05, 0.1) is 6.54 Å². The predicted molar refractivity (Wildman–Crippen MR) is 90.1 cm³/mol. The normalized spacial score (nSPS) is 17.7. The fraction of sp³-hybridized carbons (Fsp3) is 0.571. The molecule has 0 unspecified atom stereocenters. The van der Waals surface area contributed by atoms with Gasteiger partial charge in [-0.3, -0.25) is 9.79 Å². The lowest BCUT2D eigenvalue weighted by Crippen LogP contribution is -2.51. The summed E-state index contributed by atoms with van der Waals surface area (Å²) in [5.74, 6) is 0.138. The lowest BCUT2D eigenvalue weighted by Gasteiger charge is -2.32. The lowest BCUT2D eigenvalue weighted by atomic mass is 10.1. The van der Waals surface area contributed by atoms with E-state index in [1.807, 2.05) is 0 Å². The number of amides is 1. The number of hydrogen-bond donors (Lipinski definition) is 3. The van der Waals surface area contributed by atoms with E-state index >= 15 is 0 Å². The van der Waals surface area contributed by atoms with Crippen LogP contribution in [0.25, 0.3) is 0 Å². The Morgan fingerprint density at radius 1 is 1.37 bits per heavy atom. The molecule has 1 aromatic heterocycles. The van der Waals surface area contributed by atoms with E-state index in [-0.39, 0.29) is 44.3 Å². The van der Waals surface area contributed by atoms with Gasteiger partial charge in [-0.05, 0) is 25.0 Å². The standard InChI is InChI=1S/C14H20F3N5O4S/c1-19-13(20-8-10-2-3-11(26-10)12(18)23)21-9-4-6-22(7-5-9)27(24,25)14(15,16)17/h2-3,9H,4-8H2,1H3,(H2,18,23)(H2,19,20,21). The van der Waals surface area contributed by atoms with Crippen LogP contribution < -0.4 is 16.4 Å². The number of sulfonamides is 1. The van der Waals surface area contributed by atoms with Crippen LogP contribution in [0.15, 0.2) is 21.5 Å². The van der Waals surface area contributed by atoms with Crippen LogP contribution in [0, 0.1) is 0 Å². The summed E-state index contributed by atoms with van der Waals surface area (Å²) >= 11 is 0. The molecule has 2 rings (SSSR count). The van der Waals surface area contributed by atoms with Gasteiger partial charge in [0.15, 0.2) is 11.7 Å². The molecule has 1 fully saturated rings. The molecule has 9 nitrogen and oxygen atoms in total. The third kappa shape index (κ3) is 5.13. The number of hydrogen-bond acceptors (Lipinski definition) is 5. The van der Waals surface area contributed by atoms with Crippen LogP contribution >= 0.6 is 0 Å². The van der Waals surface area contributed by atoms with Gasteiger partial charge in [-0.2, -0.15) is 17.5 Å². The Morgan fingerprint density at radius 2 is 2.00 bits per heavy atom. The van der Waals surface area contributed by atoms with Crippen molar-refractivity contribution < 1.29 is 30.8 Å². The molecule has 0 aromatic carbocycles. The van der Waals surface area contributed by atoms with Crippen molar-refractivity contribution in [3.8, 4) is 0 Å². The second-order valence-corrected chi connectivity index (χ2v) is 7.75. The smallest absolute Gasteiger partial charge is 0.454 e. The molecule has 27 heavy (non-hydrogen) atoms. The summed E-state index contributed by atoms with van der Waals surface area (Å²) in [5, 5.41) is 5.95. The number of alkyl halides is 3. The average Bonchev–Trinajstić information content (AvgIpc) is 3.07. The number of piperidine rings is 1. The van der Waals surface area contributed by atoms with E-state index in [2.05, 4.69) is 15.6 Å². The van der Waals surface area contributed by atoms with Gasteiger partial charge in [0.2, 0.25) is 0 Å². The number of primary amides is 1. The van der Waals surface area contributed by atoms with Crippen LogP contribution in [0.1, 0.15) is 29.2 Å². The van der Waals surface area contributed by atoms with Crippen molar-refractivity contribution in [2.24, 2.45) is 10.7 Å². The van der Waals surface area contributed by atoms with Crippen molar-refractivity contribution >= 4 is 21.9 Å². The predicted octanol–water partition coefficient (Wildman–Crippen LogP) is 0.358. The number of rotatable bonds is 5. The van der Waals surface area contributed by atoms with Crippen molar-refractivity contribution in [1.82, 2.24) is 14.9 Å². The third-order valence-electron chi connectivity index (χ3n) is 3.99. The van der Waals surface area contributed by atoms with Crippen molar-refractivity contribution in [3.05, 3.63) is 23.7 Å². The van der Waals surface area contributed by atoms with Crippen LogP contribution in [-0.2, 0) is 16.6 Å². The summed E-state index contributed by atoms with van der Waals surface area (Å²) in [6.45, 7) is -0.276. The van der Waals surface area contributed by atoms with Crippen molar-refractivity contribution in [2.75, 3.05) is 20.1 Å². The average molecular weight is 411 g/mol. The fourth-order valence-electron chi connectivity index (χ4n) is 2.55. The minimum absolute atomic E-state index is 0.0213. The number of nitrogens with two attached hydrogens (primary N) is 1. The molecule has 1 amide bonds. The van der Waals surface area contributed by atoms with Gasteiger partial charge < -0.3 is 20.8 Å². The quantitative estimate of drug-likeness (QED) is 0.474. The van der Waals surface area contributed by atoms with Crippen LogP contribution in [0.5, 0.6) is 0 Å². The van der Waals surface area contributed by atoms with Gasteiger partial charge >= 0.3 is 15.5 Å². The summed E-state index contributed by atoms with van der Waals surface area (Å²) in [6, 6.07) is 2.77. The van der Waals surface area contributed by atoms with E-state index in [0.29, 0.717) is 16.0 Å². The molecule has 2 heterocycles. The summed E-state index contributed by atoms with van der Waals surface area (Å²) < 4.78 is 66.2. The van der Waals surface area contributed by atoms with E-state index in [1.54, 1.807) is 6.07 Å². The first-order valence-electron chi connectivity index (χ1n) is 7.96. The summed E-state index contributed by atoms with van der Waals surface area (Å²) in [7, 11) is -3.79. The molecule has 0 aliphatic carbocycles. The zero-order valence-corrected chi connectivity index (χ0v) is 15.2. The van der Waals surface area contributed by atoms with Crippen LogP contribution in [0.4, 0.5) is 13.2 Å². The lowest BCUT2D eigenvalue weighted by molar-refractivity contribution is -0.0494. The Hall–Kier alpha value is -2.28. The second kappa shape index (κ2) is 8.17. The largest absolute Gasteiger partial charge is 0.511 e. The molecule has 1 aromatic rings. The molecule has 0 saturated carbocycles. The molecule has 4 N–H and O–H groups in total. The number of carbonyl (C=O) groups is 1. The second-order valence-electron chi connectivity index (χ2n) is 5.82.